The van der Waals surface area contributed by atoms with Crippen LogP contribution in [0.2, 0.25) is 0 Å². The molecule has 1 heterocycles. The van der Waals surface area contributed by atoms with Crippen LogP contribution < -0.4 is 10.1 Å². The molecule has 106 valence electrons. The summed E-state index contributed by atoms with van der Waals surface area (Å²) in [5.74, 6) is 1.11. The molecule has 0 radical (unpaired) electrons. The van der Waals surface area contributed by atoms with Crippen molar-refractivity contribution in [2.45, 2.75) is 65.5 Å². The molecular formula is C17H27NO. The van der Waals surface area contributed by atoms with Crippen molar-refractivity contribution in [3.63, 3.8) is 0 Å². The zero-order valence-electron chi connectivity index (χ0n) is 13.1. The lowest BCUT2D eigenvalue weighted by molar-refractivity contribution is 0.298. The van der Waals surface area contributed by atoms with Crippen molar-refractivity contribution < 1.29 is 4.74 Å². The third-order valence-electron chi connectivity index (χ3n) is 3.70. The van der Waals surface area contributed by atoms with Crippen LogP contribution in [0.3, 0.4) is 0 Å². The molecule has 0 bridgehead atoms. The smallest absolute Gasteiger partial charge is 0.128 e. The maximum absolute atomic E-state index is 6.01. The first-order valence-electron chi connectivity index (χ1n) is 7.39. The lowest BCUT2D eigenvalue weighted by atomic mass is 9.83. The highest BCUT2D eigenvalue weighted by atomic mass is 16.5. The third-order valence-corrected chi connectivity index (χ3v) is 3.70. The van der Waals surface area contributed by atoms with E-state index in [9.17, 15) is 0 Å². The quantitative estimate of drug-likeness (QED) is 0.888. The fraction of sp³-hybridized carbons (Fsp3) is 0.647. The van der Waals surface area contributed by atoms with Gasteiger partial charge in [-0.1, -0.05) is 53.7 Å². The Kier molecular flexibility index (Phi) is 3.91. The minimum atomic E-state index is 0.127. The minimum absolute atomic E-state index is 0.127. The maximum Gasteiger partial charge on any atom is 0.128 e. The summed E-state index contributed by atoms with van der Waals surface area (Å²) < 4.78 is 6.01. The Labute approximate surface area is 117 Å². The van der Waals surface area contributed by atoms with E-state index in [2.05, 4.69) is 59.0 Å². The van der Waals surface area contributed by atoms with Gasteiger partial charge in [-0.25, -0.2) is 0 Å². The van der Waals surface area contributed by atoms with Crippen molar-refractivity contribution in [2.75, 3.05) is 6.61 Å². The van der Waals surface area contributed by atoms with E-state index in [1.54, 1.807) is 0 Å². The van der Waals surface area contributed by atoms with E-state index in [4.69, 9.17) is 4.74 Å². The molecule has 1 aliphatic rings. The molecule has 2 rings (SSSR count). The lowest BCUT2D eigenvalue weighted by Crippen LogP contribution is -2.29. The first-order chi connectivity index (χ1) is 8.82. The molecule has 1 N–H and O–H groups in total. The van der Waals surface area contributed by atoms with Gasteiger partial charge in [-0.05, 0) is 17.4 Å². The van der Waals surface area contributed by atoms with E-state index >= 15 is 0 Å². The second kappa shape index (κ2) is 5.16. The standard InChI is InChI=1S/C17H27NO/c1-7-12-8-13-15(18-11(2)3)10-19-16(13)14(9-12)17(4,5)6/h8-9,11,15,18H,7,10H2,1-6H3. The number of hydrogen-bond donors (Lipinski definition) is 1. The highest BCUT2D eigenvalue weighted by Gasteiger charge is 2.31. The van der Waals surface area contributed by atoms with Crippen LogP contribution in [0.4, 0.5) is 0 Å². The monoisotopic (exact) mass is 261 g/mol. The van der Waals surface area contributed by atoms with Gasteiger partial charge in [-0.2, -0.15) is 0 Å². The topological polar surface area (TPSA) is 21.3 Å². The predicted octanol–water partition coefficient (Wildman–Crippen LogP) is 3.98. The van der Waals surface area contributed by atoms with Gasteiger partial charge in [-0.3, -0.25) is 0 Å². The van der Waals surface area contributed by atoms with Crippen LogP contribution in [-0.2, 0) is 11.8 Å². The number of ether oxygens (including phenoxy) is 1. The molecule has 1 aromatic rings. The van der Waals surface area contributed by atoms with Crippen molar-refractivity contribution in [1.29, 1.82) is 0 Å². The average molecular weight is 261 g/mol. The van der Waals surface area contributed by atoms with Crippen LogP contribution in [0.1, 0.15) is 64.3 Å². The zero-order chi connectivity index (χ0) is 14.2. The molecule has 2 nitrogen and oxygen atoms in total. The lowest BCUT2D eigenvalue weighted by Gasteiger charge is -2.23. The van der Waals surface area contributed by atoms with Crippen LogP contribution in [0, 0.1) is 0 Å². The molecule has 0 aromatic heterocycles. The van der Waals surface area contributed by atoms with Gasteiger partial charge in [0.25, 0.3) is 0 Å². The van der Waals surface area contributed by atoms with Gasteiger partial charge < -0.3 is 10.1 Å². The molecule has 0 aliphatic carbocycles. The number of fused-ring (bicyclic) bond motifs is 1. The Hall–Kier alpha value is -1.02. The van der Waals surface area contributed by atoms with Gasteiger partial charge >= 0.3 is 0 Å². The second-order valence-corrected chi connectivity index (χ2v) is 6.85. The molecule has 1 atom stereocenters. The van der Waals surface area contributed by atoms with E-state index in [0.29, 0.717) is 12.1 Å². The van der Waals surface area contributed by atoms with Crippen LogP contribution in [-0.4, -0.2) is 12.6 Å². The molecule has 0 saturated heterocycles. The summed E-state index contributed by atoms with van der Waals surface area (Å²) in [6.45, 7) is 14.1. The van der Waals surface area contributed by atoms with E-state index in [0.717, 1.165) is 18.8 Å². The fourth-order valence-corrected chi connectivity index (χ4v) is 2.69. The van der Waals surface area contributed by atoms with Crippen molar-refractivity contribution in [3.8, 4) is 5.75 Å². The second-order valence-electron chi connectivity index (χ2n) is 6.85. The Morgan fingerprint density at radius 3 is 2.53 bits per heavy atom. The van der Waals surface area contributed by atoms with E-state index < -0.39 is 0 Å². The molecule has 0 saturated carbocycles. The van der Waals surface area contributed by atoms with Crippen LogP contribution in [0.15, 0.2) is 12.1 Å². The van der Waals surface area contributed by atoms with Gasteiger partial charge in [0.1, 0.15) is 12.4 Å². The van der Waals surface area contributed by atoms with Crippen LogP contribution in [0.25, 0.3) is 0 Å². The maximum atomic E-state index is 6.01. The van der Waals surface area contributed by atoms with Crippen molar-refractivity contribution in [3.05, 3.63) is 28.8 Å². The third kappa shape index (κ3) is 2.94. The van der Waals surface area contributed by atoms with Crippen molar-refractivity contribution in [1.82, 2.24) is 5.32 Å². The Balaban J connectivity index is 2.47. The number of benzene rings is 1. The summed E-state index contributed by atoms with van der Waals surface area (Å²) in [4.78, 5) is 0. The van der Waals surface area contributed by atoms with Gasteiger partial charge in [0.05, 0.1) is 6.04 Å². The van der Waals surface area contributed by atoms with Gasteiger partial charge in [0.2, 0.25) is 0 Å². The number of nitrogens with one attached hydrogen (secondary N) is 1. The molecule has 19 heavy (non-hydrogen) atoms. The Morgan fingerprint density at radius 2 is 2.00 bits per heavy atom. The van der Waals surface area contributed by atoms with E-state index in [1.807, 2.05) is 0 Å². The summed E-state index contributed by atoms with van der Waals surface area (Å²) in [6.07, 6.45) is 1.07. The summed E-state index contributed by atoms with van der Waals surface area (Å²) in [5, 5.41) is 3.60. The summed E-state index contributed by atoms with van der Waals surface area (Å²) >= 11 is 0. The van der Waals surface area contributed by atoms with E-state index in [1.165, 1.54) is 16.7 Å². The van der Waals surface area contributed by atoms with Crippen molar-refractivity contribution in [2.24, 2.45) is 0 Å². The van der Waals surface area contributed by atoms with Crippen molar-refractivity contribution >= 4 is 0 Å². The van der Waals surface area contributed by atoms with Gasteiger partial charge in [0.15, 0.2) is 0 Å². The Morgan fingerprint density at radius 1 is 1.32 bits per heavy atom. The summed E-state index contributed by atoms with van der Waals surface area (Å²) in [7, 11) is 0. The van der Waals surface area contributed by atoms with Crippen LogP contribution in [0.5, 0.6) is 5.75 Å². The molecule has 1 unspecified atom stereocenters. The molecular weight excluding hydrogens is 234 g/mol. The SMILES string of the molecule is CCc1cc2c(c(C(C)(C)C)c1)OCC2NC(C)C. The summed E-state index contributed by atoms with van der Waals surface area (Å²) in [5.41, 5.74) is 4.22. The molecule has 1 aromatic carbocycles. The number of aryl methyl sites for hydroxylation is 1. The van der Waals surface area contributed by atoms with E-state index in [-0.39, 0.29) is 5.41 Å². The molecule has 0 spiro atoms. The minimum Gasteiger partial charge on any atom is -0.491 e. The number of hydrogen-bond acceptors (Lipinski definition) is 2. The highest BCUT2D eigenvalue weighted by molar-refractivity contribution is 5.51. The fourth-order valence-electron chi connectivity index (χ4n) is 2.69. The average Bonchev–Trinajstić information content (AvgIpc) is 2.69. The largest absolute Gasteiger partial charge is 0.491 e. The Bertz CT molecular complexity index is 457. The first-order valence-corrected chi connectivity index (χ1v) is 7.39. The summed E-state index contributed by atoms with van der Waals surface area (Å²) in [6, 6.07) is 5.44. The molecule has 0 fully saturated rings. The highest BCUT2D eigenvalue weighted by Crippen LogP contribution is 2.42. The number of rotatable bonds is 3. The van der Waals surface area contributed by atoms with Gasteiger partial charge in [-0.15, -0.1) is 0 Å². The first kappa shape index (κ1) is 14.4. The predicted molar refractivity (Wildman–Crippen MR) is 81.0 cm³/mol. The van der Waals surface area contributed by atoms with Gasteiger partial charge in [0, 0.05) is 17.2 Å². The van der Waals surface area contributed by atoms with Crippen LogP contribution >= 0.6 is 0 Å². The normalized spacial score (nSPS) is 18.6. The zero-order valence-corrected chi connectivity index (χ0v) is 13.1. The molecule has 1 aliphatic heterocycles. The molecule has 0 amide bonds. The molecule has 2 heteroatoms.